The summed E-state index contributed by atoms with van der Waals surface area (Å²) in [6.45, 7) is 13.3. The van der Waals surface area contributed by atoms with Crippen LogP contribution in [-0.4, -0.2) is 10.8 Å². The van der Waals surface area contributed by atoms with E-state index in [0.29, 0.717) is 0 Å². The summed E-state index contributed by atoms with van der Waals surface area (Å²) in [6, 6.07) is 33.5. The first-order chi connectivity index (χ1) is 18.5. The molecular weight excluding hydrogens is 476 g/mol. The number of benzene rings is 4. The highest BCUT2D eigenvalue weighted by atomic mass is 16.1. The summed E-state index contributed by atoms with van der Waals surface area (Å²) >= 11 is 0. The molecule has 39 heavy (non-hydrogen) atoms. The number of para-hydroxylation sites is 2. The third kappa shape index (κ3) is 3.99. The number of ketones is 1. The molecule has 1 unspecified atom stereocenters. The van der Waals surface area contributed by atoms with Crippen molar-refractivity contribution in [1.82, 2.24) is 4.98 Å². The van der Waals surface area contributed by atoms with Gasteiger partial charge in [-0.15, -0.1) is 0 Å². The second-order valence-electron chi connectivity index (χ2n) is 12.8. The van der Waals surface area contributed by atoms with E-state index in [-0.39, 0.29) is 16.6 Å². The van der Waals surface area contributed by atoms with Crippen LogP contribution in [0.1, 0.15) is 74.2 Å². The monoisotopic (exact) mass is 512 g/mol. The Morgan fingerprint density at radius 2 is 1.21 bits per heavy atom. The Labute approximate surface area is 231 Å². The molecule has 0 spiro atoms. The van der Waals surface area contributed by atoms with Crippen LogP contribution in [0.15, 0.2) is 97.1 Å². The Hall–Kier alpha value is -4.11. The van der Waals surface area contributed by atoms with Gasteiger partial charge in [0, 0.05) is 27.7 Å². The summed E-state index contributed by atoms with van der Waals surface area (Å²) in [5.74, 6) is 0.0684. The van der Waals surface area contributed by atoms with Crippen molar-refractivity contribution in [2.45, 2.75) is 57.9 Å². The summed E-state index contributed by atoms with van der Waals surface area (Å²) in [4.78, 5) is 18.3. The molecule has 0 saturated carbocycles. The van der Waals surface area contributed by atoms with Crippen LogP contribution in [0.2, 0.25) is 0 Å². The first-order valence-electron chi connectivity index (χ1n) is 13.8. The van der Waals surface area contributed by atoms with Gasteiger partial charge in [0.15, 0.2) is 11.3 Å². The van der Waals surface area contributed by atoms with E-state index in [9.17, 15) is 4.79 Å². The standard InChI is InChI=1S/C36H36N2O/c1-34(2,3)24-17-15-23(16-18-24)32-31(27-11-7-9-13-29(27)37-32)36(26-21-19-25(20-22-26)35(4,5)6)33(39)28-12-8-10-14-30(28)38-36/h7-22,37-38H,1-6H3. The van der Waals surface area contributed by atoms with E-state index in [1.807, 2.05) is 30.3 Å². The molecule has 3 heteroatoms. The van der Waals surface area contributed by atoms with Crippen LogP contribution in [0, 0.1) is 0 Å². The summed E-state index contributed by atoms with van der Waals surface area (Å²) in [6.07, 6.45) is 0. The molecule has 6 rings (SSSR count). The van der Waals surface area contributed by atoms with E-state index in [1.54, 1.807) is 0 Å². The van der Waals surface area contributed by atoms with Crippen molar-refractivity contribution in [2.75, 3.05) is 5.32 Å². The molecule has 4 aromatic carbocycles. The highest BCUT2D eigenvalue weighted by molar-refractivity contribution is 6.18. The van der Waals surface area contributed by atoms with E-state index < -0.39 is 5.54 Å². The Kier molecular flexibility index (Phi) is 5.62. The predicted molar refractivity (Wildman–Crippen MR) is 163 cm³/mol. The maximum atomic E-state index is 14.6. The maximum Gasteiger partial charge on any atom is 0.199 e. The van der Waals surface area contributed by atoms with E-state index in [0.717, 1.165) is 44.5 Å². The molecule has 196 valence electrons. The van der Waals surface area contributed by atoms with Gasteiger partial charge >= 0.3 is 0 Å². The number of Topliss-reactive ketones (excluding diaryl/α,β-unsaturated/α-hetero) is 1. The number of carbonyl (C=O) groups excluding carboxylic acids is 1. The topological polar surface area (TPSA) is 44.9 Å². The molecule has 1 atom stereocenters. The van der Waals surface area contributed by atoms with Gasteiger partial charge in [0.25, 0.3) is 0 Å². The van der Waals surface area contributed by atoms with Crippen molar-refractivity contribution in [3.63, 3.8) is 0 Å². The summed E-state index contributed by atoms with van der Waals surface area (Å²) in [7, 11) is 0. The van der Waals surface area contributed by atoms with Gasteiger partial charge in [-0.1, -0.05) is 120 Å². The molecule has 0 amide bonds. The third-order valence-corrected chi connectivity index (χ3v) is 8.14. The number of fused-ring (bicyclic) bond motifs is 2. The second-order valence-corrected chi connectivity index (χ2v) is 12.8. The molecule has 0 saturated heterocycles. The molecule has 0 aliphatic carbocycles. The Morgan fingerprint density at radius 1 is 0.641 bits per heavy atom. The lowest BCUT2D eigenvalue weighted by molar-refractivity contribution is 0.0942. The van der Waals surface area contributed by atoms with Gasteiger partial charge in [-0.25, -0.2) is 0 Å². The molecule has 2 heterocycles. The van der Waals surface area contributed by atoms with E-state index >= 15 is 0 Å². The molecule has 2 N–H and O–H groups in total. The van der Waals surface area contributed by atoms with Gasteiger partial charge in [0.1, 0.15) is 0 Å². The van der Waals surface area contributed by atoms with Gasteiger partial charge in [-0.05, 0) is 51.3 Å². The first-order valence-corrected chi connectivity index (χ1v) is 13.8. The molecule has 1 aliphatic rings. The molecule has 1 aliphatic heterocycles. The van der Waals surface area contributed by atoms with Crippen LogP contribution in [-0.2, 0) is 16.4 Å². The van der Waals surface area contributed by atoms with Gasteiger partial charge in [0.05, 0.1) is 5.69 Å². The minimum atomic E-state index is -1.07. The molecule has 3 nitrogen and oxygen atoms in total. The van der Waals surface area contributed by atoms with E-state index in [4.69, 9.17) is 0 Å². The fourth-order valence-electron chi connectivity index (χ4n) is 5.88. The number of nitrogens with one attached hydrogen (secondary N) is 2. The lowest BCUT2D eigenvalue weighted by Gasteiger charge is -2.32. The maximum absolute atomic E-state index is 14.6. The van der Waals surface area contributed by atoms with Gasteiger partial charge in [-0.2, -0.15) is 0 Å². The zero-order valence-corrected chi connectivity index (χ0v) is 23.6. The third-order valence-electron chi connectivity index (χ3n) is 8.14. The highest BCUT2D eigenvalue weighted by Crippen LogP contribution is 2.49. The molecule has 5 aromatic rings. The van der Waals surface area contributed by atoms with Gasteiger partial charge in [0.2, 0.25) is 0 Å². The quantitative estimate of drug-likeness (QED) is 0.253. The summed E-state index contributed by atoms with van der Waals surface area (Å²) in [5.41, 5.74) is 8.04. The number of aromatic nitrogens is 1. The van der Waals surface area contributed by atoms with Crippen molar-refractivity contribution in [3.05, 3.63) is 125 Å². The van der Waals surface area contributed by atoms with Gasteiger partial charge in [-0.3, -0.25) is 4.79 Å². The largest absolute Gasteiger partial charge is 0.365 e. The summed E-state index contributed by atoms with van der Waals surface area (Å²) < 4.78 is 0. The van der Waals surface area contributed by atoms with Crippen LogP contribution >= 0.6 is 0 Å². The number of hydrogen-bond acceptors (Lipinski definition) is 2. The van der Waals surface area contributed by atoms with Gasteiger partial charge < -0.3 is 10.3 Å². The normalized spacial score (nSPS) is 17.3. The molecule has 0 bridgehead atoms. The van der Waals surface area contributed by atoms with Crippen LogP contribution in [0.3, 0.4) is 0 Å². The van der Waals surface area contributed by atoms with Crippen molar-refractivity contribution < 1.29 is 4.79 Å². The highest BCUT2D eigenvalue weighted by Gasteiger charge is 2.51. The van der Waals surface area contributed by atoms with Crippen LogP contribution < -0.4 is 5.32 Å². The Morgan fingerprint density at radius 3 is 1.82 bits per heavy atom. The number of aromatic amines is 1. The fraction of sp³-hybridized carbons (Fsp3) is 0.250. The zero-order chi connectivity index (χ0) is 27.6. The SMILES string of the molecule is CC(C)(C)c1ccc(-c2[nH]c3ccccc3c2C2(c3ccc(C(C)(C)C)cc3)Nc3ccccc3C2=O)cc1. The molecule has 1 aromatic heterocycles. The van der Waals surface area contributed by atoms with Crippen molar-refractivity contribution in [3.8, 4) is 11.3 Å². The smallest absolute Gasteiger partial charge is 0.199 e. The molecule has 0 fully saturated rings. The average Bonchev–Trinajstić information content (AvgIpc) is 3.44. The summed E-state index contributed by atoms with van der Waals surface area (Å²) in [5, 5.41) is 4.79. The predicted octanol–water partition coefficient (Wildman–Crippen LogP) is 8.98. The average molecular weight is 513 g/mol. The van der Waals surface area contributed by atoms with Crippen LogP contribution in [0.25, 0.3) is 22.2 Å². The first kappa shape index (κ1) is 25.2. The molecule has 0 radical (unpaired) electrons. The lowest BCUT2D eigenvalue weighted by atomic mass is 9.76. The minimum absolute atomic E-state index is 0.0164. The second kappa shape index (κ2) is 8.71. The van der Waals surface area contributed by atoms with Crippen molar-refractivity contribution in [1.29, 1.82) is 0 Å². The van der Waals surface area contributed by atoms with Crippen LogP contribution in [0.5, 0.6) is 0 Å². The number of anilines is 1. The number of rotatable bonds is 3. The van der Waals surface area contributed by atoms with Crippen molar-refractivity contribution >= 4 is 22.4 Å². The minimum Gasteiger partial charge on any atom is -0.365 e. The van der Waals surface area contributed by atoms with Crippen LogP contribution in [0.4, 0.5) is 5.69 Å². The molecular formula is C36H36N2O. The lowest BCUT2D eigenvalue weighted by Crippen LogP contribution is -2.40. The number of H-pyrrole nitrogens is 1. The fourth-order valence-corrected chi connectivity index (χ4v) is 5.88. The van der Waals surface area contributed by atoms with Crippen molar-refractivity contribution in [2.24, 2.45) is 0 Å². The van der Waals surface area contributed by atoms with E-state index in [2.05, 4.69) is 119 Å². The number of carbonyl (C=O) groups is 1. The van der Waals surface area contributed by atoms with E-state index in [1.165, 1.54) is 11.1 Å². The Balaban J connectivity index is 1.65. The Bertz CT molecular complexity index is 1690. The zero-order valence-electron chi connectivity index (χ0n) is 23.6. The number of hydrogen-bond donors (Lipinski definition) is 2.